The molecule has 5 nitrogen and oxygen atoms in total. The van der Waals surface area contributed by atoms with Gasteiger partial charge < -0.3 is 4.74 Å². The van der Waals surface area contributed by atoms with E-state index in [2.05, 4.69) is 22.4 Å². The van der Waals surface area contributed by atoms with Crippen LogP contribution in [0.25, 0.3) is 0 Å². The Balaban J connectivity index is 1.92. The zero-order chi connectivity index (χ0) is 14.4. The summed E-state index contributed by atoms with van der Waals surface area (Å²) in [5.41, 5.74) is 2.29. The number of aromatic nitrogens is 3. The van der Waals surface area contributed by atoms with Crippen molar-refractivity contribution < 1.29 is 9.53 Å². The quantitative estimate of drug-likeness (QED) is 0.756. The van der Waals surface area contributed by atoms with E-state index in [4.69, 9.17) is 4.74 Å². The maximum absolute atomic E-state index is 11.6. The van der Waals surface area contributed by atoms with Crippen LogP contribution >= 0.6 is 0 Å². The predicted molar refractivity (Wildman–Crippen MR) is 75.1 cm³/mol. The van der Waals surface area contributed by atoms with Gasteiger partial charge in [-0.15, -0.1) is 5.10 Å². The van der Waals surface area contributed by atoms with Crippen molar-refractivity contribution in [3.8, 4) is 0 Å². The summed E-state index contributed by atoms with van der Waals surface area (Å²) in [6.07, 6.45) is 4.19. The van der Waals surface area contributed by atoms with Crippen LogP contribution in [0.2, 0.25) is 0 Å². The monoisotopic (exact) mass is 273 g/mol. The molecule has 0 saturated carbocycles. The molecule has 0 amide bonds. The number of ether oxygens (including phenoxy) is 1. The first-order valence-corrected chi connectivity index (χ1v) is 6.77. The zero-order valence-corrected chi connectivity index (χ0v) is 11.8. The highest BCUT2D eigenvalue weighted by molar-refractivity contribution is 5.72. The number of hydrogen-bond donors (Lipinski definition) is 0. The van der Waals surface area contributed by atoms with Crippen molar-refractivity contribution in [2.75, 3.05) is 6.61 Å². The highest BCUT2D eigenvalue weighted by Gasteiger charge is 2.14. The molecule has 0 aliphatic carbocycles. The van der Waals surface area contributed by atoms with Gasteiger partial charge in [0.25, 0.3) is 0 Å². The highest BCUT2D eigenvalue weighted by Crippen LogP contribution is 2.12. The fraction of sp³-hybridized carbons (Fsp3) is 0.400. The summed E-state index contributed by atoms with van der Waals surface area (Å²) >= 11 is 0. The van der Waals surface area contributed by atoms with Gasteiger partial charge in [-0.25, -0.2) is 4.68 Å². The third kappa shape index (κ3) is 3.91. The molecule has 0 saturated heterocycles. The Bertz CT molecular complexity index is 535. The normalized spacial score (nSPS) is 12.1. The standard InChI is InChI=1S/C15H19N3O2/c1-3-20-15(19)12(2)10-13-4-6-14(7-5-13)11-18-9-8-16-17-18/h4-9,12H,3,10-11H2,1-2H3. The summed E-state index contributed by atoms with van der Waals surface area (Å²) < 4.78 is 6.79. The Morgan fingerprint density at radius 3 is 2.60 bits per heavy atom. The van der Waals surface area contributed by atoms with Crippen LogP contribution in [0, 0.1) is 5.92 Å². The average molecular weight is 273 g/mol. The lowest BCUT2D eigenvalue weighted by Gasteiger charge is -2.10. The number of carbonyl (C=O) groups is 1. The lowest BCUT2D eigenvalue weighted by Crippen LogP contribution is -2.16. The predicted octanol–water partition coefficient (Wildman–Crippen LogP) is 2.07. The molecular weight excluding hydrogens is 254 g/mol. The fourth-order valence-corrected chi connectivity index (χ4v) is 2.01. The molecule has 1 aromatic heterocycles. The van der Waals surface area contributed by atoms with Crippen LogP contribution < -0.4 is 0 Å². The van der Waals surface area contributed by atoms with E-state index < -0.39 is 0 Å². The van der Waals surface area contributed by atoms with Gasteiger partial charge in [0.2, 0.25) is 0 Å². The summed E-state index contributed by atoms with van der Waals surface area (Å²) in [4.78, 5) is 11.6. The summed E-state index contributed by atoms with van der Waals surface area (Å²) in [7, 11) is 0. The first-order valence-electron chi connectivity index (χ1n) is 6.77. The van der Waals surface area contributed by atoms with Crippen molar-refractivity contribution in [3.63, 3.8) is 0 Å². The van der Waals surface area contributed by atoms with Crippen LogP contribution in [0.15, 0.2) is 36.7 Å². The SMILES string of the molecule is CCOC(=O)C(C)Cc1ccc(Cn2ccnn2)cc1. The molecule has 1 unspecified atom stereocenters. The molecule has 2 aromatic rings. The van der Waals surface area contributed by atoms with Gasteiger partial charge in [0.15, 0.2) is 0 Å². The highest BCUT2D eigenvalue weighted by atomic mass is 16.5. The molecule has 1 atom stereocenters. The van der Waals surface area contributed by atoms with Gasteiger partial charge in [0.05, 0.1) is 25.3 Å². The van der Waals surface area contributed by atoms with E-state index >= 15 is 0 Å². The molecule has 2 rings (SSSR count). The summed E-state index contributed by atoms with van der Waals surface area (Å²) in [5.74, 6) is -0.254. The Hall–Kier alpha value is -2.17. The van der Waals surface area contributed by atoms with Crippen molar-refractivity contribution >= 4 is 5.97 Å². The van der Waals surface area contributed by atoms with Crippen molar-refractivity contribution in [1.29, 1.82) is 0 Å². The summed E-state index contributed by atoms with van der Waals surface area (Å²) in [5, 5.41) is 7.71. The van der Waals surface area contributed by atoms with E-state index in [1.165, 1.54) is 0 Å². The third-order valence-corrected chi connectivity index (χ3v) is 3.07. The van der Waals surface area contributed by atoms with Crippen LogP contribution in [-0.2, 0) is 22.5 Å². The lowest BCUT2D eigenvalue weighted by atomic mass is 10.0. The van der Waals surface area contributed by atoms with Gasteiger partial charge in [-0.2, -0.15) is 0 Å². The Labute approximate surface area is 118 Å². The van der Waals surface area contributed by atoms with Crippen molar-refractivity contribution in [1.82, 2.24) is 15.0 Å². The minimum absolute atomic E-state index is 0.115. The van der Waals surface area contributed by atoms with Crippen molar-refractivity contribution in [3.05, 3.63) is 47.8 Å². The number of carbonyl (C=O) groups excluding carboxylic acids is 1. The second kappa shape index (κ2) is 6.84. The van der Waals surface area contributed by atoms with Crippen LogP contribution in [0.4, 0.5) is 0 Å². The molecule has 0 radical (unpaired) electrons. The molecule has 0 fully saturated rings. The minimum Gasteiger partial charge on any atom is -0.466 e. The molecule has 0 spiro atoms. The number of nitrogens with zero attached hydrogens (tertiary/aromatic N) is 3. The molecule has 0 N–H and O–H groups in total. The second-order valence-corrected chi connectivity index (χ2v) is 4.77. The summed E-state index contributed by atoms with van der Waals surface area (Å²) in [6, 6.07) is 8.19. The van der Waals surface area contributed by atoms with Crippen molar-refractivity contribution in [2.45, 2.75) is 26.8 Å². The Kier molecular flexibility index (Phi) is 4.87. The van der Waals surface area contributed by atoms with E-state index in [-0.39, 0.29) is 11.9 Å². The Morgan fingerprint density at radius 2 is 2.00 bits per heavy atom. The van der Waals surface area contributed by atoms with E-state index in [0.29, 0.717) is 19.6 Å². The maximum atomic E-state index is 11.6. The lowest BCUT2D eigenvalue weighted by molar-refractivity contribution is -0.147. The van der Waals surface area contributed by atoms with E-state index in [1.807, 2.05) is 32.2 Å². The summed E-state index contributed by atoms with van der Waals surface area (Å²) in [6.45, 7) is 4.85. The number of esters is 1. The molecule has 5 heteroatoms. The van der Waals surface area contributed by atoms with Crippen LogP contribution in [0.1, 0.15) is 25.0 Å². The first-order chi connectivity index (χ1) is 9.69. The van der Waals surface area contributed by atoms with Gasteiger partial charge in [0.1, 0.15) is 0 Å². The number of benzene rings is 1. The smallest absolute Gasteiger partial charge is 0.308 e. The van der Waals surface area contributed by atoms with Gasteiger partial charge in [-0.3, -0.25) is 4.79 Å². The number of rotatable bonds is 6. The van der Waals surface area contributed by atoms with Crippen LogP contribution in [-0.4, -0.2) is 27.6 Å². The second-order valence-electron chi connectivity index (χ2n) is 4.77. The van der Waals surface area contributed by atoms with Crippen LogP contribution in [0.3, 0.4) is 0 Å². The molecule has 1 aromatic carbocycles. The van der Waals surface area contributed by atoms with Gasteiger partial charge in [-0.05, 0) is 24.5 Å². The van der Waals surface area contributed by atoms with Gasteiger partial charge >= 0.3 is 5.97 Å². The van der Waals surface area contributed by atoms with E-state index in [1.54, 1.807) is 10.9 Å². The number of hydrogen-bond acceptors (Lipinski definition) is 4. The van der Waals surface area contributed by atoms with E-state index in [0.717, 1.165) is 11.1 Å². The molecule has 20 heavy (non-hydrogen) atoms. The molecule has 106 valence electrons. The fourth-order valence-electron chi connectivity index (χ4n) is 2.01. The largest absolute Gasteiger partial charge is 0.466 e. The minimum atomic E-state index is -0.140. The Morgan fingerprint density at radius 1 is 1.30 bits per heavy atom. The molecule has 1 heterocycles. The zero-order valence-electron chi connectivity index (χ0n) is 11.8. The van der Waals surface area contributed by atoms with Gasteiger partial charge in [0, 0.05) is 6.20 Å². The van der Waals surface area contributed by atoms with E-state index in [9.17, 15) is 4.79 Å². The molecule has 0 aliphatic heterocycles. The first kappa shape index (κ1) is 14.2. The molecular formula is C15H19N3O2. The van der Waals surface area contributed by atoms with Gasteiger partial charge in [-0.1, -0.05) is 36.4 Å². The topological polar surface area (TPSA) is 57.0 Å². The maximum Gasteiger partial charge on any atom is 0.308 e. The molecule has 0 aliphatic rings. The molecule has 0 bridgehead atoms. The average Bonchev–Trinajstić information content (AvgIpc) is 2.94. The van der Waals surface area contributed by atoms with Crippen LogP contribution in [0.5, 0.6) is 0 Å². The third-order valence-electron chi connectivity index (χ3n) is 3.07. The van der Waals surface area contributed by atoms with Crippen molar-refractivity contribution in [2.24, 2.45) is 5.92 Å².